The van der Waals surface area contributed by atoms with Crippen LogP contribution in [0, 0.1) is 6.92 Å². The standard InChI is InChI=1S/C14H19N5OS2/c1-10-15-11(8-21-10)9-22-14-17-16-13(19(14)12-2-3-12)18-4-6-20-7-5-18/h8,12H,2-7,9H2,1H3. The second kappa shape index (κ2) is 6.17. The summed E-state index contributed by atoms with van der Waals surface area (Å²) in [6, 6.07) is 0.576. The first-order chi connectivity index (χ1) is 10.8. The van der Waals surface area contributed by atoms with Gasteiger partial charge in [-0.2, -0.15) is 0 Å². The molecule has 0 unspecified atom stereocenters. The van der Waals surface area contributed by atoms with Crippen molar-refractivity contribution in [3.05, 3.63) is 16.1 Å². The van der Waals surface area contributed by atoms with E-state index in [1.54, 1.807) is 23.1 Å². The van der Waals surface area contributed by atoms with Gasteiger partial charge >= 0.3 is 0 Å². The van der Waals surface area contributed by atoms with Crippen LogP contribution in [0.5, 0.6) is 0 Å². The molecule has 0 spiro atoms. The van der Waals surface area contributed by atoms with Crippen LogP contribution in [-0.2, 0) is 10.5 Å². The average molecular weight is 337 g/mol. The maximum Gasteiger partial charge on any atom is 0.228 e. The number of nitrogens with zero attached hydrogens (tertiary/aromatic N) is 5. The van der Waals surface area contributed by atoms with Gasteiger partial charge in [-0.15, -0.1) is 21.5 Å². The molecule has 1 aliphatic carbocycles. The Hall–Kier alpha value is -1.12. The summed E-state index contributed by atoms with van der Waals surface area (Å²) in [5.74, 6) is 1.88. The minimum Gasteiger partial charge on any atom is -0.378 e. The van der Waals surface area contributed by atoms with E-state index in [0.717, 1.165) is 53.9 Å². The third-order valence-corrected chi connectivity index (χ3v) is 5.67. The Morgan fingerprint density at radius 2 is 2.14 bits per heavy atom. The Bertz CT molecular complexity index is 645. The normalized spacial score (nSPS) is 18.9. The van der Waals surface area contributed by atoms with Gasteiger partial charge < -0.3 is 9.64 Å². The quantitative estimate of drug-likeness (QED) is 0.782. The summed E-state index contributed by atoms with van der Waals surface area (Å²) in [5.41, 5.74) is 1.13. The van der Waals surface area contributed by atoms with Gasteiger partial charge in [0.15, 0.2) is 5.16 Å². The molecule has 118 valence electrons. The zero-order chi connectivity index (χ0) is 14.9. The number of morpholine rings is 1. The molecule has 0 atom stereocenters. The van der Waals surface area contributed by atoms with E-state index in [2.05, 4.69) is 30.0 Å². The van der Waals surface area contributed by atoms with Crippen molar-refractivity contribution < 1.29 is 4.74 Å². The van der Waals surface area contributed by atoms with Crippen LogP contribution in [0.2, 0.25) is 0 Å². The van der Waals surface area contributed by atoms with E-state index in [1.165, 1.54) is 12.8 Å². The highest BCUT2D eigenvalue weighted by molar-refractivity contribution is 7.98. The average Bonchev–Trinajstić information content (AvgIpc) is 3.16. The number of rotatable bonds is 5. The maximum absolute atomic E-state index is 5.44. The lowest BCUT2D eigenvalue weighted by atomic mass is 10.4. The van der Waals surface area contributed by atoms with E-state index in [1.807, 2.05) is 6.92 Å². The van der Waals surface area contributed by atoms with Gasteiger partial charge in [0.05, 0.1) is 23.9 Å². The fraction of sp³-hybridized carbons (Fsp3) is 0.643. The number of ether oxygens (including phenoxy) is 1. The van der Waals surface area contributed by atoms with Crippen LogP contribution >= 0.6 is 23.1 Å². The molecule has 22 heavy (non-hydrogen) atoms. The predicted octanol–water partition coefficient (Wildman–Crippen LogP) is 2.51. The summed E-state index contributed by atoms with van der Waals surface area (Å²) >= 11 is 3.44. The summed E-state index contributed by atoms with van der Waals surface area (Å²) in [7, 11) is 0. The largest absolute Gasteiger partial charge is 0.378 e. The molecule has 1 saturated carbocycles. The monoisotopic (exact) mass is 337 g/mol. The zero-order valence-electron chi connectivity index (χ0n) is 12.6. The molecule has 0 radical (unpaired) electrons. The van der Waals surface area contributed by atoms with E-state index in [0.29, 0.717) is 6.04 Å². The van der Waals surface area contributed by atoms with Crippen molar-refractivity contribution >= 4 is 29.0 Å². The van der Waals surface area contributed by atoms with Crippen molar-refractivity contribution in [3.8, 4) is 0 Å². The lowest BCUT2D eigenvalue weighted by Gasteiger charge is -2.27. The van der Waals surface area contributed by atoms with Crippen LogP contribution in [0.25, 0.3) is 0 Å². The molecular formula is C14H19N5OS2. The van der Waals surface area contributed by atoms with Gasteiger partial charge in [-0.25, -0.2) is 4.98 Å². The Balaban J connectivity index is 1.53. The number of thiazole rings is 1. The summed E-state index contributed by atoms with van der Waals surface area (Å²) < 4.78 is 7.77. The molecule has 2 fully saturated rings. The Labute approximate surface area is 137 Å². The molecular weight excluding hydrogens is 318 g/mol. The predicted molar refractivity (Wildman–Crippen MR) is 87.7 cm³/mol. The van der Waals surface area contributed by atoms with E-state index in [4.69, 9.17) is 4.74 Å². The second-order valence-corrected chi connectivity index (χ2v) is 7.63. The smallest absolute Gasteiger partial charge is 0.228 e. The van der Waals surface area contributed by atoms with Crippen LogP contribution < -0.4 is 4.90 Å². The summed E-state index contributed by atoms with van der Waals surface area (Å²) in [6.07, 6.45) is 2.47. The zero-order valence-corrected chi connectivity index (χ0v) is 14.2. The SMILES string of the molecule is Cc1nc(CSc2nnc(N3CCOCC3)n2C2CC2)cs1. The molecule has 0 bridgehead atoms. The highest BCUT2D eigenvalue weighted by Crippen LogP contribution is 2.41. The van der Waals surface area contributed by atoms with Crippen molar-refractivity contribution in [2.24, 2.45) is 0 Å². The van der Waals surface area contributed by atoms with Crippen molar-refractivity contribution in [1.82, 2.24) is 19.7 Å². The summed E-state index contributed by atoms with van der Waals surface area (Å²) in [5, 5.41) is 13.2. The fourth-order valence-corrected chi connectivity index (χ4v) is 4.22. The molecule has 2 aromatic rings. The van der Waals surface area contributed by atoms with Gasteiger partial charge in [0, 0.05) is 30.3 Å². The lowest BCUT2D eigenvalue weighted by Crippen LogP contribution is -2.38. The van der Waals surface area contributed by atoms with Crippen LogP contribution in [0.3, 0.4) is 0 Å². The van der Waals surface area contributed by atoms with Gasteiger partial charge in [-0.05, 0) is 19.8 Å². The first-order valence-electron chi connectivity index (χ1n) is 7.62. The lowest BCUT2D eigenvalue weighted by molar-refractivity contribution is 0.121. The third kappa shape index (κ3) is 3.00. The summed E-state index contributed by atoms with van der Waals surface area (Å²) in [4.78, 5) is 6.82. The Kier molecular flexibility index (Phi) is 4.06. The number of thioether (sulfide) groups is 1. The minimum absolute atomic E-state index is 0.576. The number of aromatic nitrogens is 4. The highest BCUT2D eigenvalue weighted by Gasteiger charge is 2.32. The molecule has 1 aliphatic heterocycles. The topological polar surface area (TPSA) is 56.1 Å². The molecule has 0 N–H and O–H groups in total. The Morgan fingerprint density at radius 3 is 2.82 bits per heavy atom. The number of hydrogen-bond acceptors (Lipinski definition) is 7. The van der Waals surface area contributed by atoms with Crippen molar-refractivity contribution in [2.75, 3.05) is 31.2 Å². The van der Waals surface area contributed by atoms with Crippen molar-refractivity contribution in [2.45, 2.75) is 36.7 Å². The fourth-order valence-electron chi connectivity index (χ4n) is 2.61. The molecule has 2 aliphatic rings. The molecule has 8 heteroatoms. The molecule has 6 nitrogen and oxygen atoms in total. The number of aryl methyl sites for hydroxylation is 1. The first-order valence-corrected chi connectivity index (χ1v) is 9.49. The molecule has 0 amide bonds. The second-order valence-electron chi connectivity index (χ2n) is 5.63. The molecule has 1 saturated heterocycles. The van der Waals surface area contributed by atoms with Gasteiger partial charge in [-0.1, -0.05) is 11.8 Å². The molecule has 3 heterocycles. The van der Waals surface area contributed by atoms with Gasteiger partial charge in [0.1, 0.15) is 0 Å². The van der Waals surface area contributed by atoms with Crippen LogP contribution in [-0.4, -0.2) is 46.1 Å². The Morgan fingerprint density at radius 1 is 1.32 bits per heavy atom. The van der Waals surface area contributed by atoms with E-state index >= 15 is 0 Å². The van der Waals surface area contributed by atoms with Crippen LogP contribution in [0.4, 0.5) is 5.95 Å². The highest BCUT2D eigenvalue weighted by atomic mass is 32.2. The first kappa shape index (κ1) is 14.5. The van der Waals surface area contributed by atoms with E-state index < -0.39 is 0 Å². The van der Waals surface area contributed by atoms with Crippen molar-refractivity contribution in [1.29, 1.82) is 0 Å². The van der Waals surface area contributed by atoms with E-state index in [-0.39, 0.29) is 0 Å². The molecule has 4 rings (SSSR count). The molecule has 2 aromatic heterocycles. The number of anilines is 1. The van der Waals surface area contributed by atoms with Crippen LogP contribution in [0.1, 0.15) is 29.6 Å². The third-order valence-electron chi connectivity index (χ3n) is 3.87. The van der Waals surface area contributed by atoms with E-state index in [9.17, 15) is 0 Å². The minimum atomic E-state index is 0.576. The van der Waals surface area contributed by atoms with Gasteiger partial charge in [-0.3, -0.25) is 4.57 Å². The molecule has 0 aromatic carbocycles. The van der Waals surface area contributed by atoms with Crippen molar-refractivity contribution in [3.63, 3.8) is 0 Å². The maximum atomic E-state index is 5.44. The van der Waals surface area contributed by atoms with Gasteiger partial charge in [0.2, 0.25) is 5.95 Å². The van der Waals surface area contributed by atoms with Gasteiger partial charge in [0.25, 0.3) is 0 Å². The van der Waals surface area contributed by atoms with Crippen LogP contribution in [0.15, 0.2) is 10.5 Å². The summed E-state index contributed by atoms with van der Waals surface area (Å²) in [6.45, 7) is 5.40. The number of hydrogen-bond donors (Lipinski definition) is 0.